The molecule has 0 radical (unpaired) electrons. The Morgan fingerprint density at radius 2 is 2.23 bits per heavy atom. The third kappa shape index (κ3) is 2.44. The number of rotatable bonds is 1. The van der Waals surface area contributed by atoms with Gasteiger partial charge in [-0.05, 0) is 19.3 Å². The van der Waals surface area contributed by atoms with E-state index in [1.807, 2.05) is 6.92 Å². The summed E-state index contributed by atoms with van der Waals surface area (Å²) in [7, 11) is 0. The van der Waals surface area contributed by atoms with Crippen molar-refractivity contribution in [2.45, 2.75) is 39.7 Å². The quantitative estimate of drug-likeness (QED) is 0.672. The molecular weight excluding hydrogens is 168 g/mol. The summed E-state index contributed by atoms with van der Waals surface area (Å²) in [5.74, 6) is 0.557. The van der Waals surface area contributed by atoms with Gasteiger partial charge in [0.25, 0.3) is 0 Å². The van der Waals surface area contributed by atoms with Gasteiger partial charge in [0, 0.05) is 13.3 Å². The van der Waals surface area contributed by atoms with Gasteiger partial charge in [-0.2, -0.15) is 5.06 Å². The first-order valence-electron chi connectivity index (χ1n) is 4.56. The van der Waals surface area contributed by atoms with Gasteiger partial charge in [-0.15, -0.1) is 0 Å². The summed E-state index contributed by atoms with van der Waals surface area (Å²) in [5.41, 5.74) is 0. The monoisotopic (exact) mass is 184 g/mol. The van der Waals surface area contributed by atoms with E-state index >= 15 is 0 Å². The van der Waals surface area contributed by atoms with Crippen LogP contribution < -0.4 is 0 Å². The molecule has 1 fully saturated rings. The fraction of sp³-hybridized carbons (Fsp3) is 0.778. The van der Waals surface area contributed by atoms with Gasteiger partial charge in [-0.1, -0.05) is 6.92 Å². The van der Waals surface area contributed by atoms with Crippen molar-refractivity contribution in [3.8, 4) is 0 Å². The largest absolute Gasteiger partial charge is 0.340 e. The van der Waals surface area contributed by atoms with E-state index in [0.29, 0.717) is 18.2 Å². The van der Waals surface area contributed by atoms with Crippen LogP contribution >= 0.6 is 0 Å². The average Bonchev–Trinajstić information content (AvgIpc) is 1.96. The van der Waals surface area contributed by atoms with Crippen LogP contribution in [0.4, 0.5) is 0 Å². The molecule has 0 aromatic rings. The van der Waals surface area contributed by atoms with Gasteiger partial charge in [0.05, 0.1) is 6.04 Å². The number of amidine groups is 1. The minimum Gasteiger partial charge on any atom is -0.340 e. The number of nitrogens with one attached hydrogen (secondary N) is 1. The molecular formula is C9H16N2O2. The number of carbonyl (C=O) groups is 1. The van der Waals surface area contributed by atoms with Crippen molar-refractivity contribution in [1.29, 1.82) is 5.41 Å². The highest BCUT2D eigenvalue weighted by molar-refractivity contribution is 5.81. The van der Waals surface area contributed by atoms with Crippen molar-refractivity contribution < 1.29 is 9.63 Å². The third-order valence-corrected chi connectivity index (χ3v) is 2.18. The molecule has 0 aliphatic carbocycles. The summed E-state index contributed by atoms with van der Waals surface area (Å²) >= 11 is 0. The van der Waals surface area contributed by atoms with Crippen LogP contribution in [0, 0.1) is 11.3 Å². The number of hydroxylamine groups is 2. The second kappa shape index (κ2) is 3.77. The maximum atomic E-state index is 10.7. The molecule has 0 amide bonds. The molecule has 74 valence electrons. The first-order valence-corrected chi connectivity index (χ1v) is 4.56. The second-order valence-corrected chi connectivity index (χ2v) is 3.75. The van der Waals surface area contributed by atoms with Gasteiger partial charge < -0.3 is 4.84 Å². The van der Waals surface area contributed by atoms with E-state index < -0.39 is 0 Å². The molecule has 1 N–H and O–H groups in total. The van der Waals surface area contributed by atoms with Crippen molar-refractivity contribution in [3.05, 3.63) is 0 Å². The highest BCUT2D eigenvalue weighted by Gasteiger charge is 2.28. The predicted molar refractivity (Wildman–Crippen MR) is 49.2 cm³/mol. The maximum Gasteiger partial charge on any atom is 0.329 e. The van der Waals surface area contributed by atoms with E-state index in [4.69, 9.17) is 10.2 Å². The lowest BCUT2D eigenvalue weighted by Gasteiger charge is -2.35. The standard InChI is InChI=1S/C9H16N2O2/c1-6-4-7(2)11(9(10)5-6)13-8(3)12/h6-7,10H,4-5H2,1-3H3. The highest BCUT2D eigenvalue weighted by Crippen LogP contribution is 2.23. The zero-order valence-corrected chi connectivity index (χ0v) is 8.33. The van der Waals surface area contributed by atoms with Crippen LogP contribution in [0.5, 0.6) is 0 Å². The Bertz CT molecular complexity index is 228. The molecule has 1 rings (SSSR count). The van der Waals surface area contributed by atoms with E-state index in [1.165, 1.54) is 12.0 Å². The molecule has 0 spiro atoms. The first-order chi connectivity index (χ1) is 6.00. The Hall–Kier alpha value is -1.06. The maximum absolute atomic E-state index is 10.7. The van der Waals surface area contributed by atoms with Gasteiger partial charge in [0.1, 0.15) is 5.84 Å². The summed E-state index contributed by atoms with van der Waals surface area (Å²) < 4.78 is 0. The number of hydrogen-bond donors (Lipinski definition) is 1. The molecule has 0 bridgehead atoms. The fourth-order valence-corrected chi connectivity index (χ4v) is 1.73. The van der Waals surface area contributed by atoms with Crippen LogP contribution in [0.15, 0.2) is 0 Å². The van der Waals surface area contributed by atoms with Crippen LogP contribution in [0.3, 0.4) is 0 Å². The SMILES string of the molecule is CC(=O)ON1C(=N)CC(C)CC1C. The molecule has 0 saturated carbocycles. The summed E-state index contributed by atoms with van der Waals surface area (Å²) in [5, 5.41) is 9.07. The van der Waals surface area contributed by atoms with Gasteiger partial charge in [0.15, 0.2) is 0 Å². The molecule has 2 atom stereocenters. The Balaban J connectivity index is 2.61. The summed E-state index contributed by atoms with van der Waals surface area (Å²) in [6.07, 6.45) is 1.66. The molecule has 4 nitrogen and oxygen atoms in total. The topological polar surface area (TPSA) is 53.4 Å². The Morgan fingerprint density at radius 1 is 1.62 bits per heavy atom. The third-order valence-electron chi connectivity index (χ3n) is 2.18. The predicted octanol–water partition coefficient (Wildman–Crippen LogP) is 1.56. The van der Waals surface area contributed by atoms with E-state index in [2.05, 4.69) is 6.92 Å². The van der Waals surface area contributed by atoms with Gasteiger partial charge in [0.2, 0.25) is 0 Å². The second-order valence-electron chi connectivity index (χ2n) is 3.75. The van der Waals surface area contributed by atoms with E-state index in [9.17, 15) is 4.79 Å². The molecule has 1 aliphatic heterocycles. The summed E-state index contributed by atoms with van der Waals surface area (Å²) in [6, 6.07) is 0.125. The molecule has 1 aliphatic rings. The molecule has 1 heterocycles. The van der Waals surface area contributed by atoms with Gasteiger partial charge in [-0.3, -0.25) is 10.2 Å². The van der Waals surface area contributed by atoms with Crippen LogP contribution in [-0.4, -0.2) is 22.9 Å². The average molecular weight is 184 g/mol. The number of piperidine rings is 1. The molecule has 2 unspecified atom stereocenters. The molecule has 0 aromatic carbocycles. The lowest BCUT2D eigenvalue weighted by molar-refractivity contribution is -0.179. The van der Waals surface area contributed by atoms with Crippen molar-refractivity contribution in [2.75, 3.05) is 0 Å². The Morgan fingerprint density at radius 3 is 2.69 bits per heavy atom. The van der Waals surface area contributed by atoms with E-state index in [1.54, 1.807) is 0 Å². The van der Waals surface area contributed by atoms with Crippen molar-refractivity contribution in [1.82, 2.24) is 5.06 Å². The fourth-order valence-electron chi connectivity index (χ4n) is 1.73. The lowest BCUT2D eigenvalue weighted by atomic mass is 9.94. The number of hydrogen-bond acceptors (Lipinski definition) is 3. The normalized spacial score (nSPS) is 28.8. The van der Waals surface area contributed by atoms with Crippen molar-refractivity contribution >= 4 is 11.8 Å². The van der Waals surface area contributed by atoms with Gasteiger partial charge >= 0.3 is 5.97 Å². The Kier molecular flexibility index (Phi) is 2.90. The zero-order valence-electron chi connectivity index (χ0n) is 8.33. The molecule has 13 heavy (non-hydrogen) atoms. The number of carbonyl (C=O) groups excluding carboxylic acids is 1. The highest BCUT2D eigenvalue weighted by atomic mass is 16.7. The molecule has 1 saturated heterocycles. The lowest BCUT2D eigenvalue weighted by Crippen LogP contribution is -2.44. The number of nitrogens with zero attached hydrogens (tertiary/aromatic N) is 1. The van der Waals surface area contributed by atoms with Gasteiger partial charge in [-0.25, -0.2) is 0 Å². The van der Waals surface area contributed by atoms with E-state index in [-0.39, 0.29) is 12.0 Å². The van der Waals surface area contributed by atoms with E-state index in [0.717, 1.165) is 6.42 Å². The summed E-state index contributed by atoms with van der Waals surface area (Å²) in [6.45, 7) is 5.43. The minimum absolute atomic E-state index is 0.125. The minimum atomic E-state index is -0.355. The van der Waals surface area contributed by atoms with Crippen LogP contribution in [0.1, 0.15) is 33.6 Å². The summed E-state index contributed by atoms with van der Waals surface area (Å²) in [4.78, 5) is 15.7. The Labute approximate surface area is 78.3 Å². The molecule has 0 aromatic heterocycles. The first kappa shape index (κ1) is 10.0. The van der Waals surface area contributed by atoms with Crippen LogP contribution in [0.25, 0.3) is 0 Å². The smallest absolute Gasteiger partial charge is 0.329 e. The van der Waals surface area contributed by atoms with Crippen molar-refractivity contribution in [2.24, 2.45) is 5.92 Å². The van der Waals surface area contributed by atoms with Crippen LogP contribution in [0.2, 0.25) is 0 Å². The van der Waals surface area contributed by atoms with Crippen molar-refractivity contribution in [3.63, 3.8) is 0 Å². The van der Waals surface area contributed by atoms with Crippen LogP contribution in [-0.2, 0) is 9.63 Å². The zero-order chi connectivity index (χ0) is 10.0. The molecule has 4 heteroatoms.